The average molecular weight is 555 g/mol. The van der Waals surface area contributed by atoms with Crippen molar-refractivity contribution in [2.24, 2.45) is 0 Å². The summed E-state index contributed by atoms with van der Waals surface area (Å²) < 4.78 is 55.8. The summed E-state index contributed by atoms with van der Waals surface area (Å²) in [4.78, 5) is 29.6. The number of halogens is 6. The van der Waals surface area contributed by atoms with Gasteiger partial charge in [0.05, 0.1) is 34.4 Å². The highest BCUT2D eigenvalue weighted by atomic mass is 35.5. The predicted molar refractivity (Wildman–Crippen MR) is 128 cm³/mol. The summed E-state index contributed by atoms with van der Waals surface area (Å²) in [6.45, 7) is 1.93. The first-order valence-electron chi connectivity index (χ1n) is 11.4. The SMILES string of the molecule is C[C@@H]1Cc2nn3c(c2CN1C(=O)c1ccc(Cl)c(Cl)c1)C(=O)N(Cc1cc(F)ccc1C(F)(F)F)CC3. The molecule has 0 aliphatic carbocycles. The van der Waals surface area contributed by atoms with Crippen LogP contribution in [0, 0.1) is 5.82 Å². The molecule has 0 saturated carbocycles. The number of fused-ring (bicyclic) bond motifs is 3. The van der Waals surface area contributed by atoms with Gasteiger partial charge in [-0.1, -0.05) is 23.2 Å². The van der Waals surface area contributed by atoms with Crippen molar-refractivity contribution in [3.8, 4) is 0 Å². The van der Waals surface area contributed by atoms with Gasteiger partial charge in [0.1, 0.15) is 11.5 Å². The van der Waals surface area contributed by atoms with Gasteiger partial charge in [0.2, 0.25) is 0 Å². The largest absolute Gasteiger partial charge is 0.416 e. The molecule has 12 heteroatoms. The van der Waals surface area contributed by atoms with Gasteiger partial charge in [0.25, 0.3) is 11.8 Å². The Morgan fingerprint density at radius 3 is 2.57 bits per heavy atom. The van der Waals surface area contributed by atoms with E-state index in [0.29, 0.717) is 34.3 Å². The van der Waals surface area contributed by atoms with Crippen LogP contribution in [0.5, 0.6) is 0 Å². The number of amides is 2. The molecule has 5 rings (SSSR count). The number of aromatic nitrogens is 2. The molecule has 0 fully saturated rings. The third kappa shape index (κ3) is 4.68. The fourth-order valence-electron chi connectivity index (χ4n) is 4.86. The summed E-state index contributed by atoms with van der Waals surface area (Å²) in [7, 11) is 0. The van der Waals surface area contributed by atoms with Gasteiger partial charge in [0.15, 0.2) is 0 Å². The maximum atomic E-state index is 13.8. The highest BCUT2D eigenvalue weighted by Crippen LogP contribution is 2.35. The summed E-state index contributed by atoms with van der Waals surface area (Å²) in [5.41, 5.74) is 0.464. The van der Waals surface area contributed by atoms with E-state index in [1.165, 1.54) is 17.0 Å². The van der Waals surface area contributed by atoms with Crippen molar-refractivity contribution in [2.75, 3.05) is 6.54 Å². The number of carbonyl (C=O) groups excluding carboxylic acids is 2. The molecule has 0 radical (unpaired) electrons. The number of carbonyl (C=O) groups is 2. The van der Waals surface area contributed by atoms with Gasteiger partial charge in [0, 0.05) is 36.7 Å². The zero-order chi connectivity index (χ0) is 26.6. The van der Waals surface area contributed by atoms with Crippen LogP contribution in [-0.4, -0.2) is 44.0 Å². The molecule has 37 heavy (non-hydrogen) atoms. The minimum atomic E-state index is -4.69. The average Bonchev–Trinajstić information content (AvgIpc) is 3.18. The van der Waals surface area contributed by atoms with Crippen molar-refractivity contribution in [2.45, 2.75) is 45.2 Å². The lowest BCUT2D eigenvalue weighted by Gasteiger charge is -2.34. The van der Waals surface area contributed by atoms with E-state index in [2.05, 4.69) is 5.10 Å². The number of rotatable bonds is 3. The number of hydrogen-bond acceptors (Lipinski definition) is 3. The van der Waals surface area contributed by atoms with Gasteiger partial charge < -0.3 is 9.80 Å². The molecule has 194 valence electrons. The standard InChI is InChI=1S/C25H20Cl2F4N4O2/c1-13-8-21-17(12-34(13)23(36)14-2-5-19(26)20(27)10-14)22-24(37)33(6-7-35(22)32-21)11-15-9-16(28)3-4-18(15)25(29,30)31/h2-5,9-10,13H,6-8,11-12H2,1H3/t13-/m1/s1. The summed E-state index contributed by atoms with van der Waals surface area (Å²) >= 11 is 12.1. The molecule has 2 aliphatic rings. The normalized spacial score (nSPS) is 17.6. The second-order valence-electron chi connectivity index (χ2n) is 9.14. The van der Waals surface area contributed by atoms with E-state index in [1.54, 1.807) is 15.6 Å². The maximum absolute atomic E-state index is 13.8. The predicted octanol–water partition coefficient (Wildman–Crippen LogP) is 5.59. The molecule has 3 heterocycles. The quantitative estimate of drug-likeness (QED) is 0.396. The van der Waals surface area contributed by atoms with Crippen LogP contribution in [-0.2, 0) is 32.2 Å². The minimum Gasteiger partial charge on any atom is -0.331 e. The van der Waals surface area contributed by atoms with Gasteiger partial charge in [-0.25, -0.2) is 4.39 Å². The van der Waals surface area contributed by atoms with Crippen molar-refractivity contribution < 1.29 is 27.2 Å². The number of alkyl halides is 3. The van der Waals surface area contributed by atoms with Gasteiger partial charge >= 0.3 is 6.18 Å². The molecule has 3 aromatic rings. The lowest BCUT2D eigenvalue weighted by molar-refractivity contribution is -0.138. The third-order valence-electron chi connectivity index (χ3n) is 6.72. The Bertz CT molecular complexity index is 1420. The van der Waals surface area contributed by atoms with E-state index in [4.69, 9.17) is 23.2 Å². The van der Waals surface area contributed by atoms with E-state index in [1.807, 2.05) is 6.92 Å². The molecule has 0 saturated heterocycles. The number of hydrogen-bond donors (Lipinski definition) is 0. The van der Waals surface area contributed by atoms with E-state index >= 15 is 0 Å². The summed E-state index contributed by atoms with van der Waals surface area (Å²) in [5.74, 6) is -1.64. The Morgan fingerprint density at radius 1 is 1.11 bits per heavy atom. The first kappa shape index (κ1) is 25.5. The first-order valence-corrected chi connectivity index (χ1v) is 12.2. The Labute approximate surface area is 219 Å². The van der Waals surface area contributed by atoms with Crippen LogP contribution < -0.4 is 0 Å². The number of benzene rings is 2. The van der Waals surface area contributed by atoms with Crippen LogP contribution in [0.3, 0.4) is 0 Å². The van der Waals surface area contributed by atoms with Crippen LogP contribution in [0.15, 0.2) is 36.4 Å². The fraction of sp³-hybridized carbons (Fsp3) is 0.320. The lowest BCUT2D eigenvalue weighted by atomic mass is 9.97. The lowest BCUT2D eigenvalue weighted by Crippen LogP contribution is -2.44. The number of nitrogens with zero attached hydrogens (tertiary/aromatic N) is 4. The molecule has 2 amide bonds. The second-order valence-corrected chi connectivity index (χ2v) is 9.95. The second kappa shape index (κ2) is 9.33. The van der Waals surface area contributed by atoms with E-state index in [-0.39, 0.29) is 47.9 Å². The zero-order valence-corrected chi connectivity index (χ0v) is 21.0. The summed E-state index contributed by atoms with van der Waals surface area (Å²) in [6.07, 6.45) is -4.29. The van der Waals surface area contributed by atoms with Crippen LogP contribution in [0.4, 0.5) is 17.6 Å². The Balaban J connectivity index is 1.44. The van der Waals surface area contributed by atoms with Crippen LogP contribution in [0.1, 0.15) is 50.2 Å². The minimum absolute atomic E-state index is 0.0955. The highest BCUT2D eigenvalue weighted by Gasteiger charge is 2.39. The Morgan fingerprint density at radius 2 is 1.86 bits per heavy atom. The molecule has 2 aliphatic heterocycles. The van der Waals surface area contributed by atoms with Gasteiger partial charge in [-0.15, -0.1) is 0 Å². The maximum Gasteiger partial charge on any atom is 0.416 e. The third-order valence-corrected chi connectivity index (χ3v) is 7.45. The van der Waals surface area contributed by atoms with E-state index < -0.39 is 30.0 Å². The Hall–Kier alpha value is -3.11. The first-order chi connectivity index (χ1) is 17.4. The molecular weight excluding hydrogens is 535 g/mol. The van der Waals surface area contributed by atoms with Crippen molar-refractivity contribution in [1.82, 2.24) is 19.6 Å². The Kier molecular flexibility index (Phi) is 6.44. The smallest absolute Gasteiger partial charge is 0.331 e. The molecular formula is C25H20Cl2F4N4O2. The molecule has 1 atom stereocenters. The molecule has 0 bridgehead atoms. The topological polar surface area (TPSA) is 58.4 Å². The molecule has 0 N–H and O–H groups in total. The van der Waals surface area contributed by atoms with Crippen LogP contribution >= 0.6 is 23.2 Å². The van der Waals surface area contributed by atoms with Crippen LogP contribution in [0.25, 0.3) is 0 Å². The molecule has 0 spiro atoms. The van der Waals surface area contributed by atoms with Crippen molar-refractivity contribution >= 4 is 35.0 Å². The van der Waals surface area contributed by atoms with Crippen molar-refractivity contribution in [3.05, 3.63) is 85.9 Å². The van der Waals surface area contributed by atoms with E-state index in [0.717, 1.165) is 12.1 Å². The molecule has 6 nitrogen and oxygen atoms in total. The monoisotopic (exact) mass is 554 g/mol. The van der Waals surface area contributed by atoms with Gasteiger partial charge in [-0.3, -0.25) is 14.3 Å². The van der Waals surface area contributed by atoms with E-state index in [9.17, 15) is 27.2 Å². The highest BCUT2D eigenvalue weighted by molar-refractivity contribution is 6.42. The summed E-state index contributed by atoms with van der Waals surface area (Å²) in [6, 6.07) is 6.58. The van der Waals surface area contributed by atoms with Gasteiger partial charge in [-0.05, 0) is 48.9 Å². The fourth-order valence-corrected chi connectivity index (χ4v) is 5.15. The van der Waals surface area contributed by atoms with Crippen LogP contribution in [0.2, 0.25) is 10.0 Å². The molecule has 2 aromatic carbocycles. The molecule has 0 unspecified atom stereocenters. The van der Waals surface area contributed by atoms with Crippen molar-refractivity contribution in [3.63, 3.8) is 0 Å². The summed E-state index contributed by atoms with van der Waals surface area (Å²) in [5, 5.41) is 5.10. The van der Waals surface area contributed by atoms with Gasteiger partial charge in [-0.2, -0.15) is 18.3 Å². The molecule has 1 aromatic heterocycles. The van der Waals surface area contributed by atoms with Crippen molar-refractivity contribution in [1.29, 1.82) is 0 Å². The zero-order valence-electron chi connectivity index (χ0n) is 19.5.